The van der Waals surface area contributed by atoms with Crippen LogP contribution in [0.25, 0.3) is 11.1 Å². The van der Waals surface area contributed by atoms with Crippen molar-refractivity contribution in [1.29, 1.82) is 0 Å². The van der Waals surface area contributed by atoms with Crippen molar-refractivity contribution >= 4 is 29.7 Å². The lowest BCUT2D eigenvalue weighted by molar-refractivity contribution is -0.300. The maximum atomic E-state index is 13.3. The highest BCUT2D eigenvalue weighted by molar-refractivity contribution is 5.95. The van der Waals surface area contributed by atoms with Gasteiger partial charge in [0.1, 0.15) is 18.0 Å². The van der Waals surface area contributed by atoms with Crippen molar-refractivity contribution in [2.75, 3.05) is 13.2 Å². The molecule has 0 bridgehead atoms. The van der Waals surface area contributed by atoms with Crippen molar-refractivity contribution in [1.82, 2.24) is 16.0 Å². The summed E-state index contributed by atoms with van der Waals surface area (Å²) < 4.78 is 11.7. The molecule has 4 rings (SSSR count). The van der Waals surface area contributed by atoms with Gasteiger partial charge in [-0.15, -0.1) is 0 Å². The second-order valence-electron chi connectivity index (χ2n) is 12.5. The van der Waals surface area contributed by atoms with Gasteiger partial charge in [0.2, 0.25) is 5.91 Å². The summed E-state index contributed by atoms with van der Waals surface area (Å²) in [6.45, 7) is 0.441. The Morgan fingerprint density at radius 3 is 2.06 bits per heavy atom. The second-order valence-corrected chi connectivity index (χ2v) is 12.5. The number of rotatable bonds is 17. The van der Waals surface area contributed by atoms with E-state index in [2.05, 4.69) is 16.0 Å². The minimum atomic E-state index is -2.50. The summed E-state index contributed by atoms with van der Waals surface area (Å²) in [4.78, 5) is 62.4. The second kappa shape index (κ2) is 18.2. The first-order chi connectivity index (χ1) is 24.8. The standard InChI is InChI=1S/C37H43N3O12/c1-22(41)39-31-28(40-35(48)26-15-17-27(42)18-16-26)20-37(36(49)50,51-19-7-3-6-10-30(44)45)52-33(31)32(46)29(43)21-38-34(47)25-13-11-24(12-14-25)23-8-4-2-5-9-23/h2,4-5,8-9,11-18,28-29,31-33,42-43,46H,3,6-7,10,19-21H2,1H3,(H,38,47)(H,39,41)(H,40,48)(H,44,45)(H,49,50)/t28-,29+,31+,32+,33+,37+/m0/s1. The summed E-state index contributed by atoms with van der Waals surface area (Å²) >= 11 is 0. The highest BCUT2D eigenvalue weighted by Crippen LogP contribution is 2.34. The van der Waals surface area contributed by atoms with Crippen LogP contribution in [0.5, 0.6) is 5.75 Å². The minimum Gasteiger partial charge on any atom is -0.508 e. The number of aliphatic hydroxyl groups is 2. The number of hydrogen-bond acceptors (Lipinski definition) is 10. The average Bonchev–Trinajstić information content (AvgIpc) is 3.12. The Balaban J connectivity index is 1.55. The number of phenols is 1. The maximum Gasteiger partial charge on any atom is 0.364 e. The van der Waals surface area contributed by atoms with Crippen LogP contribution in [0.15, 0.2) is 78.9 Å². The maximum absolute atomic E-state index is 13.3. The summed E-state index contributed by atoms with van der Waals surface area (Å²) in [5.74, 6) is -7.12. The first-order valence-corrected chi connectivity index (χ1v) is 16.7. The first-order valence-electron chi connectivity index (χ1n) is 16.7. The number of hydrogen-bond donors (Lipinski definition) is 8. The lowest BCUT2D eigenvalue weighted by atomic mass is 9.86. The number of carbonyl (C=O) groups excluding carboxylic acids is 3. The normalized spacial score (nSPS) is 20.9. The number of phenolic OH excluding ortho intramolecular Hbond substituents is 1. The van der Waals surface area contributed by atoms with Gasteiger partial charge in [-0.2, -0.15) is 0 Å². The molecule has 15 heteroatoms. The lowest BCUT2D eigenvalue weighted by Gasteiger charge is -2.48. The summed E-state index contributed by atoms with van der Waals surface area (Å²) in [5, 5.41) is 59.3. The summed E-state index contributed by atoms with van der Waals surface area (Å²) in [7, 11) is 0. The first kappa shape index (κ1) is 39.4. The highest BCUT2D eigenvalue weighted by Gasteiger charge is 2.56. The molecule has 1 fully saturated rings. The zero-order valence-electron chi connectivity index (χ0n) is 28.4. The zero-order valence-corrected chi connectivity index (χ0v) is 28.4. The molecule has 15 nitrogen and oxygen atoms in total. The molecule has 6 atom stereocenters. The van der Waals surface area contributed by atoms with Crippen LogP contribution in [0.2, 0.25) is 0 Å². The van der Waals surface area contributed by atoms with E-state index >= 15 is 0 Å². The Bertz CT molecular complexity index is 1690. The lowest BCUT2D eigenvalue weighted by Crippen LogP contribution is -2.71. The molecule has 3 aromatic carbocycles. The predicted octanol–water partition coefficient (Wildman–Crippen LogP) is 2.05. The van der Waals surface area contributed by atoms with Crippen molar-refractivity contribution in [2.24, 2.45) is 0 Å². The van der Waals surface area contributed by atoms with Gasteiger partial charge in [-0.05, 0) is 60.4 Å². The third kappa shape index (κ3) is 10.6. The van der Waals surface area contributed by atoms with Gasteiger partial charge in [0.05, 0.1) is 24.8 Å². The molecule has 278 valence electrons. The number of carbonyl (C=O) groups is 5. The topological polar surface area (TPSA) is 241 Å². The molecule has 0 radical (unpaired) electrons. The highest BCUT2D eigenvalue weighted by atomic mass is 16.7. The van der Waals surface area contributed by atoms with Crippen molar-refractivity contribution in [3.05, 3.63) is 90.0 Å². The number of aliphatic hydroxyl groups excluding tert-OH is 2. The monoisotopic (exact) mass is 721 g/mol. The summed E-state index contributed by atoms with van der Waals surface area (Å²) in [6.07, 6.45) is -5.11. The Morgan fingerprint density at radius 2 is 1.44 bits per heavy atom. The van der Waals surface area contributed by atoms with Crippen LogP contribution < -0.4 is 16.0 Å². The van der Waals surface area contributed by atoms with E-state index in [0.29, 0.717) is 12.8 Å². The Morgan fingerprint density at radius 1 is 0.827 bits per heavy atom. The number of unbranched alkanes of at least 4 members (excludes halogenated alkanes) is 2. The van der Waals surface area contributed by atoms with Crippen LogP contribution in [0.4, 0.5) is 0 Å². The molecule has 3 amide bonds. The molecule has 1 aliphatic heterocycles. The fourth-order valence-corrected chi connectivity index (χ4v) is 5.86. The number of aliphatic carboxylic acids is 2. The number of benzene rings is 3. The van der Waals surface area contributed by atoms with Crippen LogP contribution in [-0.4, -0.2) is 105 Å². The fraction of sp³-hybridized carbons (Fsp3) is 0.378. The number of aromatic hydroxyl groups is 1. The van der Waals surface area contributed by atoms with E-state index in [9.17, 15) is 44.4 Å². The van der Waals surface area contributed by atoms with Gasteiger partial charge in [0, 0.05) is 37.4 Å². The van der Waals surface area contributed by atoms with Gasteiger partial charge in [-0.25, -0.2) is 4.79 Å². The van der Waals surface area contributed by atoms with Gasteiger partial charge >= 0.3 is 11.9 Å². The average molecular weight is 722 g/mol. The van der Waals surface area contributed by atoms with E-state index in [4.69, 9.17) is 14.6 Å². The van der Waals surface area contributed by atoms with Crippen LogP contribution in [0.3, 0.4) is 0 Å². The fourth-order valence-electron chi connectivity index (χ4n) is 5.86. The van der Waals surface area contributed by atoms with Gasteiger partial charge < -0.3 is 51.0 Å². The molecule has 1 aliphatic rings. The van der Waals surface area contributed by atoms with Crippen molar-refractivity contribution in [3.8, 4) is 16.9 Å². The molecular weight excluding hydrogens is 678 g/mol. The molecule has 8 N–H and O–H groups in total. The third-order valence-corrected chi connectivity index (χ3v) is 8.57. The van der Waals surface area contributed by atoms with Gasteiger partial charge in [-0.1, -0.05) is 48.9 Å². The van der Waals surface area contributed by atoms with Crippen LogP contribution >= 0.6 is 0 Å². The van der Waals surface area contributed by atoms with Gasteiger partial charge in [0.15, 0.2) is 0 Å². The Kier molecular flexibility index (Phi) is 13.8. The number of ether oxygens (including phenoxy) is 2. The van der Waals surface area contributed by atoms with E-state index < -0.39 is 78.8 Å². The predicted molar refractivity (Wildman–Crippen MR) is 185 cm³/mol. The molecular formula is C37H43N3O12. The third-order valence-electron chi connectivity index (χ3n) is 8.57. The van der Waals surface area contributed by atoms with Crippen molar-refractivity contribution in [2.45, 2.75) is 75.2 Å². The van der Waals surface area contributed by atoms with E-state index in [1.807, 2.05) is 30.3 Å². The van der Waals surface area contributed by atoms with E-state index in [0.717, 1.165) is 18.1 Å². The molecule has 0 aromatic heterocycles. The van der Waals surface area contributed by atoms with Crippen molar-refractivity contribution in [3.63, 3.8) is 0 Å². The van der Waals surface area contributed by atoms with Gasteiger partial charge in [-0.3, -0.25) is 19.2 Å². The number of carboxylic acid groups (broad SMARTS) is 2. The Labute approximate surface area is 299 Å². The molecule has 0 spiro atoms. The van der Waals surface area contributed by atoms with Crippen LogP contribution in [0, 0.1) is 0 Å². The Hall–Kier alpha value is -5.35. The number of carboxylic acids is 2. The van der Waals surface area contributed by atoms with Crippen molar-refractivity contribution < 1.29 is 59.0 Å². The van der Waals surface area contributed by atoms with Crippen LogP contribution in [-0.2, 0) is 23.9 Å². The zero-order chi connectivity index (χ0) is 37.8. The molecule has 0 unspecified atom stereocenters. The molecule has 0 aliphatic carbocycles. The molecule has 52 heavy (non-hydrogen) atoms. The van der Waals surface area contributed by atoms with Gasteiger partial charge in [0.25, 0.3) is 17.6 Å². The van der Waals surface area contributed by atoms with E-state index in [-0.39, 0.29) is 36.3 Å². The minimum absolute atomic E-state index is 0.0859. The molecule has 1 heterocycles. The molecule has 1 saturated heterocycles. The SMILES string of the molecule is CC(=O)N[C@H]1[C@H]([C@H](O)[C@H](O)CNC(=O)c2ccc(-c3ccccc3)cc2)O[C@@](OCCCCCC(=O)O)(C(=O)O)C[C@@H]1NC(=O)c1ccc(O)cc1. The smallest absolute Gasteiger partial charge is 0.364 e. The summed E-state index contributed by atoms with van der Waals surface area (Å²) in [5.41, 5.74) is 2.18. The molecule has 3 aromatic rings. The number of nitrogens with one attached hydrogen (secondary N) is 3. The molecule has 0 saturated carbocycles. The quantitative estimate of drug-likeness (QED) is 0.0935. The largest absolute Gasteiger partial charge is 0.508 e. The number of amides is 3. The van der Waals surface area contributed by atoms with E-state index in [1.54, 1.807) is 24.3 Å². The van der Waals surface area contributed by atoms with Crippen LogP contribution in [0.1, 0.15) is 59.7 Å². The summed E-state index contributed by atoms with van der Waals surface area (Å²) in [6, 6.07) is 18.8. The van der Waals surface area contributed by atoms with E-state index in [1.165, 1.54) is 24.3 Å².